The first-order valence-electron chi connectivity index (χ1n) is 6.60. The maximum atomic E-state index is 11.8. The van der Waals surface area contributed by atoms with Crippen LogP contribution in [-0.2, 0) is 4.79 Å². The molecule has 0 saturated carbocycles. The van der Waals surface area contributed by atoms with Crippen LogP contribution in [0.5, 0.6) is 0 Å². The Labute approximate surface area is 123 Å². The van der Waals surface area contributed by atoms with Gasteiger partial charge in [-0.2, -0.15) is 0 Å². The summed E-state index contributed by atoms with van der Waals surface area (Å²) in [7, 11) is 0. The van der Waals surface area contributed by atoms with Crippen LogP contribution < -0.4 is 16.8 Å². The van der Waals surface area contributed by atoms with Crippen molar-refractivity contribution in [3.63, 3.8) is 0 Å². The number of hydrogen-bond donors (Lipinski definition) is 3. The third-order valence-corrected chi connectivity index (χ3v) is 3.44. The number of benzene rings is 1. The molecule has 0 spiro atoms. The topological polar surface area (TPSA) is 81.1 Å². The second-order valence-corrected chi connectivity index (χ2v) is 5.60. The highest BCUT2D eigenvalue weighted by molar-refractivity contribution is 9.10. The minimum Gasteiger partial charge on any atom is -0.397 e. The normalized spacial score (nSPS) is 10.5. The molecule has 0 aliphatic heterocycles. The maximum Gasteiger partial charge on any atom is 0.224 e. The van der Waals surface area contributed by atoms with Gasteiger partial charge in [-0.25, -0.2) is 0 Å². The molecular formula is C14H22BrN3O. The van der Waals surface area contributed by atoms with E-state index >= 15 is 0 Å². The molecule has 0 aromatic heterocycles. The Bertz CT molecular complexity index is 435. The molecule has 0 unspecified atom stereocenters. The smallest absolute Gasteiger partial charge is 0.224 e. The van der Waals surface area contributed by atoms with Crippen LogP contribution in [0, 0.1) is 6.92 Å². The predicted molar refractivity (Wildman–Crippen MR) is 84.1 cm³/mol. The van der Waals surface area contributed by atoms with Crippen molar-refractivity contribution in [2.75, 3.05) is 17.6 Å². The first kappa shape index (κ1) is 16.0. The number of carbonyl (C=O) groups excluding carboxylic acids is 1. The fourth-order valence-corrected chi connectivity index (χ4v) is 2.43. The molecule has 1 aromatic carbocycles. The van der Waals surface area contributed by atoms with E-state index in [0.29, 0.717) is 17.8 Å². The summed E-state index contributed by atoms with van der Waals surface area (Å²) in [5.41, 5.74) is 13.6. The molecule has 0 radical (unpaired) electrons. The fourth-order valence-electron chi connectivity index (χ4n) is 1.85. The van der Waals surface area contributed by atoms with Crippen molar-refractivity contribution in [1.82, 2.24) is 0 Å². The van der Waals surface area contributed by atoms with E-state index in [0.717, 1.165) is 42.3 Å². The standard InChI is InChI=1S/C14H22BrN3O/c1-10-8-11(15)9-12(14(10)17)18-13(19)6-4-2-3-5-7-16/h8-9H,2-7,16-17H2,1H3,(H,18,19). The van der Waals surface area contributed by atoms with Crippen LogP contribution in [0.3, 0.4) is 0 Å². The van der Waals surface area contributed by atoms with E-state index in [1.54, 1.807) is 0 Å². The lowest BCUT2D eigenvalue weighted by Gasteiger charge is -2.11. The van der Waals surface area contributed by atoms with Gasteiger partial charge in [0, 0.05) is 10.9 Å². The van der Waals surface area contributed by atoms with Crippen LogP contribution >= 0.6 is 15.9 Å². The van der Waals surface area contributed by atoms with Crippen molar-refractivity contribution in [2.45, 2.75) is 39.0 Å². The van der Waals surface area contributed by atoms with Crippen molar-refractivity contribution in [3.8, 4) is 0 Å². The molecule has 5 heteroatoms. The zero-order chi connectivity index (χ0) is 14.3. The molecule has 1 rings (SSSR count). The van der Waals surface area contributed by atoms with Crippen molar-refractivity contribution >= 4 is 33.2 Å². The van der Waals surface area contributed by atoms with Crippen molar-refractivity contribution < 1.29 is 4.79 Å². The summed E-state index contributed by atoms with van der Waals surface area (Å²) in [6.45, 7) is 2.64. The van der Waals surface area contributed by atoms with E-state index in [1.165, 1.54) is 0 Å². The van der Waals surface area contributed by atoms with Gasteiger partial charge in [-0.3, -0.25) is 4.79 Å². The quantitative estimate of drug-likeness (QED) is 0.531. The molecule has 1 amide bonds. The van der Waals surface area contributed by atoms with Gasteiger partial charge in [-0.1, -0.05) is 28.8 Å². The lowest BCUT2D eigenvalue weighted by Crippen LogP contribution is -2.13. The summed E-state index contributed by atoms with van der Waals surface area (Å²) >= 11 is 3.40. The molecule has 0 aliphatic carbocycles. The Morgan fingerprint density at radius 2 is 1.95 bits per heavy atom. The van der Waals surface area contributed by atoms with E-state index < -0.39 is 0 Å². The Morgan fingerprint density at radius 3 is 2.63 bits per heavy atom. The van der Waals surface area contributed by atoms with Gasteiger partial charge in [0.05, 0.1) is 11.4 Å². The molecule has 0 aliphatic rings. The molecule has 0 bridgehead atoms. The van der Waals surface area contributed by atoms with Crippen LogP contribution in [-0.4, -0.2) is 12.5 Å². The lowest BCUT2D eigenvalue weighted by atomic mass is 10.1. The number of nitrogen functional groups attached to an aromatic ring is 1. The minimum atomic E-state index is 0.0111. The van der Waals surface area contributed by atoms with Crippen molar-refractivity contribution in [2.24, 2.45) is 5.73 Å². The average Bonchev–Trinajstić information content (AvgIpc) is 2.35. The highest BCUT2D eigenvalue weighted by Gasteiger charge is 2.08. The van der Waals surface area contributed by atoms with Gasteiger partial charge >= 0.3 is 0 Å². The zero-order valence-corrected chi connectivity index (χ0v) is 12.9. The largest absolute Gasteiger partial charge is 0.397 e. The molecule has 4 nitrogen and oxygen atoms in total. The van der Waals surface area contributed by atoms with Gasteiger partial charge < -0.3 is 16.8 Å². The van der Waals surface area contributed by atoms with Gasteiger partial charge in [-0.15, -0.1) is 0 Å². The van der Waals surface area contributed by atoms with E-state index in [-0.39, 0.29) is 5.91 Å². The fraction of sp³-hybridized carbons (Fsp3) is 0.500. The number of carbonyl (C=O) groups is 1. The third-order valence-electron chi connectivity index (χ3n) is 2.98. The highest BCUT2D eigenvalue weighted by Crippen LogP contribution is 2.27. The Kier molecular flexibility index (Phi) is 6.87. The van der Waals surface area contributed by atoms with E-state index in [1.807, 2.05) is 19.1 Å². The first-order valence-corrected chi connectivity index (χ1v) is 7.39. The number of rotatable bonds is 7. The summed E-state index contributed by atoms with van der Waals surface area (Å²) in [6, 6.07) is 3.76. The molecule has 5 N–H and O–H groups in total. The number of aryl methyl sites for hydroxylation is 1. The predicted octanol–water partition coefficient (Wildman–Crippen LogP) is 3.19. The van der Waals surface area contributed by atoms with Gasteiger partial charge in [-0.05, 0) is 44.0 Å². The SMILES string of the molecule is Cc1cc(Br)cc(NC(=O)CCCCCCN)c1N. The third kappa shape index (κ3) is 5.61. The van der Waals surface area contributed by atoms with Gasteiger partial charge in [0.2, 0.25) is 5.91 Å². The summed E-state index contributed by atoms with van der Waals surface area (Å²) in [5, 5.41) is 2.86. The van der Waals surface area contributed by atoms with E-state index in [4.69, 9.17) is 11.5 Å². The Balaban J connectivity index is 2.44. The number of halogens is 1. The Morgan fingerprint density at radius 1 is 1.26 bits per heavy atom. The summed E-state index contributed by atoms with van der Waals surface area (Å²) < 4.78 is 0.914. The van der Waals surface area contributed by atoms with Crippen LogP contribution in [0.1, 0.15) is 37.7 Å². The average molecular weight is 328 g/mol. The van der Waals surface area contributed by atoms with E-state index in [2.05, 4.69) is 21.2 Å². The molecule has 1 aromatic rings. The number of nitrogens with one attached hydrogen (secondary N) is 1. The van der Waals surface area contributed by atoms with E-state index in [9.17, 15) is 4.79 Å². The zero-order valence-electron chi connectivity index (χ0n) is 11.3. The van der Waals surface area contributed by atoms with Gasteiger partial charge in [0.1, 0.15) is 0 Å². The van der Waals surface area contributed by atoms with Crippen LogP contribution in [0.2, 0.25) is 0 Å². The van der Waals surface area contributed by atoms with Gasteiger partial charge in [0.15, 0.2) is 0 Å². The molecule has 0 heterocycles. The highest BCUT2D eigenvalue weighted by atomic mass is 79.9. The first-order chi connectivity index (χ1) is 9.04. The summed E-state index contributed by atoms with van der Waals surface area (Å²) in [4.78, 5) is 11.8. The monoisotopic (exact) mass is 327 g/mol. The molecule has 0 atom stereocenters. The molecule has 0 fully saturated rings. The van der Waals surface area contributed by atoms with Crippen LogP contribution in [0.4, 0.5) is 11.4 Å². The summed E-state index contributed by atoms with van der Waals surface area (Å²) in [6.07, 6.45) is 4.56. The maximum absolute atomic E-state index is 11.8. The second kappa shape index (κ2) is 8.17. The molecule has 0 saturated heterocycles. The number of nitrogens with two attached hydrogens (primary N) is 2. The number of amides is 1. The molecule has 19 heavy (non-hydrogen) atoms. The van der Waals surface area contributed by atoms with Crippen molar-refractivity contribution in [3.05, 3.63) is 22.2 Å². The van der Waals surface area contributed by atoms with Crippen LogP contribution in [0.15, 0.2) is 16.6 Å². The number of unbranched alkanes of at least 4 members (excludes halogenated alkanes) is 3. The number of anilines is 2. The summed E-state index contributed by atoms with van der Waals surface area (Å²) in [5.74, 6) is 0.0111. The second-order valence-electron chi connectivity index (χ2n) is 4.68. The Hall–Kier alpha value is -1.07. The van der Waals surface area contributed by atoms with Gasteiger partial charge in [0.25, 0.3) is 0 Å². The minimum absolute atomic E-state index is 0.0111. The lowest BCUT2D eigenvalue weighted by molar-refractivity contribution is -0.116. The van der Waals surface area contributed by atoms with Crippen LogP contribution in [0.25, 0.3) is 0 Å². The molecular weight excluding hydrogens is 306 g/mol. The number of hydrogen-bond acceptors (Lipinski definition) is 3. The van der Waals surface area contributed by atoms with Crippen molar-refractivity contribution in [1.29, 1.82) is 0 Å². The molecule has 106 valence electrons.